The lowest BCUT2D eigenvalue weighted by molar-refractivity contribution is -0.140. The Labute approximate surface area is 236 Å². The number of rotatable bonds is 10. The minimum atomic E-state index is -0.821. The molecule has 7 heteroatoms. The van der Waals surface area contributed by atoms with Crippen molar-refractivity contribution < 1.29 is 28.9 Å². The van der Waals surface area contributed by atoms with Gasteiger partial charge in [0.05, 0.1) is 31.4 Å². The standard InChI is InChI=1S/C33H37NO6/c1-7-39-28-15-14-24(18-27(28)20(2)3)31(35)29-30(23-11-9-12-25(17-23)38-6)34(33(37)32(29)36)19-22-10-8-13-26(16-22)40-21(4)5/h8-18,20-21,30,35H,7,19H2,1-6H3/b31-29-. The fourth-order valence-corrected chi connectivity index (χ4v) is 4.98. The van der Waals surface area contributed by atoms with Gasteiger partial charge >= 0.3 is 0 Å². The molecule has 0 radical (unpaired) electrons. The third kappa shape index (κ3) is 5.98. The van der Waals surface area contributed by atoms with E-state index in [4.69, 9.17) is 14.2 Å². The molecule has 3 aromatic rings. The fourth-order valence-electron chi connectivity index (χ4n) is 4.98. The molecule has 1 aliphatic heterocycles. The Morgan fingerprint density at radius 1 is 0.950 bits per heavy atom. The van der Waals surface area contributed by atoms with Gasteiger partial charge in [0.1, 0.15) is 23.0 Å². The average Bonchev–Trinajstić information content (AvgIpc) is 3.17. The van der Waals surface area contributed by atoms with E-state index in [9.17, 15) is 14.7 Å². The highest BCUT2D eigenvalue weighted by Gasteiger charge is 2.46. The molecule has 1 aliphatic rings. The Morgan fingerprint density at radius 2 is 1.68 bits per heavy atom. The van der Waals surface area contributed by atoms with Crippen LogP contribution in [0.1, 0.15) is 68.8 Å². The summed E-state index contributed by atoms with van der Waals surface area (Å²) in [4.78, 5) is 28.6. The molecular formula is C33H37NO6. The Morgan fingerprint density at radius 3 is 2.35 bits per heavy atom. The van der Waals surface area contributed by atoms with Gasteiger partial charge < -0.3 is 24.2 Å². The first kappa shape index (κ1) is 28.7. The molecule has 0 spiro atoms. The van der Waals surface area contributed by atoms with Crippen molar-refractivity contribution in [1.29, 1.82) is 0 Å². The quantitative estimate of drug-likeness (QED) is 0.176. The molecule has 4 rings (SSSR count). The van der Waals surface area contributed by atoms with E-state index in [-0.39, 0.29) is 29.9 Å². The molecule has 7 nitrogen and oxygen atoms in total. The van der Waals surface area contributed by atoms with E-state index in [0.29, 0.717) is 29.2 Å². The second-order valence-electron chi connectivity index (χ2n) is 10.4. The van der Waals surface area contributed by atoms with Crippen molar-refractivity contribution in [3.8, 4) is 17.2 Å². The predicted molar refractivity (Wildman–Crippen MR) is 155 cm³/mol. The molecule has 1 unspecified atom stereocenters. The maximum atomic E-state index is 13.6. The minimum absolute atomic E-state index is 0.00823. The van der Waals surface area contributed by atoms with Crippen molar-refractivity contribution in [2.45, 2.75) is 59.2 Å². The Balaban J connectivity index is 1.85. The molecule has 0 bridgehead atoms. The van der Waals surface area contributed by atoms with Gasteiger partial charge in [-0.2, -0.15) is 0 Å². The van der Waals surface area contributed by atoms with E-state index in [1.165, 1.54) is 4.90 Å². The van der Waals surface area contributed by atoms with Crippen molar-refractivity contribution in [2.24, 2.45) is 0 Å². The predicted octanol–water partition coefficient (Wildman–Crippen LogP) is 6.63. The smallest absolute Gasteiger partial charge is 0.295 e. The summed E-state index contributed by atoms with van der Waals surface area (Å²) in [5.41, 5.74) is 2.85. The van der Waals surface area contributed by atoms with E-state index in [1.54, 1.807) is 37.4 Å². The Bertz CT molecular complexity index is 1420. The number of likely N-dealkylation sites (tertiary alicyclic amines) is 1. The first-order valence-electron chi connectivity index (χ1n) is 13.6. The van der Waals surface area contributed by atoms with Gasteiger partial charge in [-0.3, -0.25) is 9.59 Å². The highest BCUT2D eigenvalue weighted by atomic mass is 16.5. The molecule has 1 saturated heterocycles. The Kier molecular flexibility index (Phi) is 8.83. The summed E-state index contributed by atoms with van der Waals surface area (Å²) in [6.45, 7) is 10.5. The third-order valence-corrected chi connectivity index (χ3v) is 6.78. The number of ketones is 1. The van der Waals surface area contributed by atoms with Gasteiger partial charge in [0, 0.05) is 12.1 Å². The van der Waals surface area contributed by atoms with Crippen LogP contribution in [-0.4, -0.2) is 41.5 Å². The van der Waals surface area contributed by atoms with E-state index in [1.807, 2.05) is 71.0 Å². The number of hydrogen-bond acceptors (Lipinski definition) is 6. The van der Waals surface area contributed by atoms with Crippen LogP contribution in [0.15, 0.2) is 72.3 Å². The van der Waals surface area contributed by atoms with Gasteiger partial charge in [0.25, 0.3) is 11.7 Å². The highest BCUT2D eigenvalue weighted by Crippen LogP contribution is 2.42. The number of carbonyl (C=O) groups is 2. The molecule has 40 heavy (non-hydrogen) atoms. The summed E-state index contributed by atoms with van der Waals surface area (Å²) in [6, 6.07) is 19.2. The lowest BCUT2D eigenvalue weighted by Gasteiger charge is -2.26. The number of Topliss-reactive ketones (excluding diaryl/α,β-unsaturated/α-hetero) is 1. The van der Waals surface area contributed by atoms with E-state index in [2.05, 4.69) is 0 Å². The van der Waals surface area contributed by atoms with Gasteiger partial charge in [-0.05, 0) is 85.8 Å². The molecule has 1 heterocycles. The zero-order valence-electron chi connectivity index (χ0n) is 23.9. The summed E-state index contributed by atoms with van der Waals surface area (Å²) in [5, 5.41) is 11.6. The lowest BCUT2D eigenvalue weighted by atomic mass is 9.93. The molecule has 0 aromatic heterocycles. The van der Waals surface area contributed by atoms with Crippen LogP contribution in [0, 0.1) is 0 Å². The van der Waals surface area contributed by atoms with Crippen molar-refractivity contribution in [3.63, 3.8) is 0 Å². The van der Waals surface area contributed by atoms with Gasteiger partial charge in [-0.1, -0.05) is 38.1 Å². The molecule has 3 aromatic carbocycles. The first-order chi connectivity index (χ1) is 19.1. The normalized spacial score (nSPS) is 16.6. The van der Waals surface area contributed by atoms with Crippen molar-refractivity contribution in [2.75, 3.05) is 13.7 Å². The van der Waals surface area contributed by atoms with Gasteiger partial charge in [0.2, 0.25) is 0 Å². The van der Waals surface area contributed by atoms with Crippen molar-refractivity contribution >= 4 is 17.4 Å². The first-order valence-corrected chi connectivity index (χ1v) is 13.6. The van der Waals surface area contributed by atoms with Crippen LogP contribution in [0.25, 0.3) is 5.76 Å². The summed E-state index contributed by atoms with van der Waals surface area (Å²) in [6.07, 6.45) is -0.00823. The van der Waals surface area contributed by atoms with Crippen LogP contribution in [0.3, 0.4) is 0 Å². The summed E-state index contributed by atoms with van der Waals surface area (Å²) in [7, 11) is 1.56. The van der Waals surface area contributed by atoms with E-state index < -0.39 is 17.7 Å². The minimum Gasteiger partial charge on any atom is -0.507 e. The SMILES string of the molecule is CCOc1ccc(/C(O)=C2/C(=O)C(=O)N(Cc3cccc(OC(C)C)c3)C2c2cccc(OC)c2)cc1C(C)C. The van der Waals surface area contributed by atoms with Crippen LogP contribution in [0.5, 0.6) is 17.2 Å². The summed E-state index contributed by atoms with van der Waals surface area (Å²) < 4.78 is 17.1. The van der Waals surface area contributed by atoms with Crippen molar-refractivity contribution in [3.05, 3.63) is 94.6 Å². The fraction of sp³-hybridized carbons (Fsp3) is 0.333. The van der Waals surface area contributed by atoms with Gasteiger partial charge in [-0.15, -0.1) is 0 Å². The number of amides is 1. The molecular weight excluding hydrogens is 506 g/mol. The number of carbonyl (C=O) groups excluding carboxylic acids is 2. The molecule has 0 aliphatic carbocycles. The second kappa shape index (κ2) is 12.3. The second-order valence-corrected chi connectivity index (χ2v) is 10.4. The van der Waals surface area contributed by atoms with E-state index in [0.717, 1.165) is 16.9 Å². The summed E-state index contributed by atoms with van der Waals surface area (Å²) >= 11 is 0. The molecule has 1 N–H and O–H groups in total. The monoisotopic (exact) mass is 543 g/mol. The zero-order chi connectivity index (χ0) is 29.0. The number of ether oxygens (including phenoxy) is 3. The van der Waals surface area contributed by atoms with Crippen LogP contribution >= 0.6 is 0 Å². The van der Waals surface area contributed by atoms with Crippen LogP contribution < -0.4 is 14.2 Å². The molecule has 1 atom stereocenters. The summed E-state index contributed by atoms with van der Waals surface area (Å²) in [5.74, 6) is 0.458. The number of methoxy groups -OCH3 is 1. The highest BCUT2D eigenvalue weighted by molar-refractivity contribution is 6.46. The number of hydrogen-bond donors (Lipinski definition) is 1. The van der Waals surface area contributed by atoms with Crippen molar-refractivity contribution in [1.82, 2.24) is 4.90 Å². The zero-order valence-corrected chi connectivity index (χ0v) is 23.9. The number of nitrogens with zero attached hydrogens (tertiary/aromatic N) is 1. The van der Waals surface area contributed by atoms with Gasteiger partial charge in [0.15, 0.2) is 0 Å². The van der Waals surface area contributed by atoms with Gasteiger partial charge in [-0.25, -0.2) is 0 Å². The van der Waals surface area contributed by atoms with Crippen LogP contribution in [-0.2, 0) is 16.1 Å². The van der Waals surface area contributed by atoms with Crippen LogP contribution in [0.4, 0.5) is 0 Å². The number of aliphatic hydroxyl groups excluding tert-OH is 1. The maximum absolute atomic E-state index is 13.6. The topological polar surface area (TPSA) is 85.3 Å². The Hall–Kier alpha value is -4.26. The lowest BCUT2D eigenvalue weighted by Crippen LogP contribution is -2.29. The molecule has 1 amide bonds. The molecule has 1 fully saturated rings. The molecule has 210 valence electrons. The van der Waals surface area contributed by atoms with E-state index >= 15 is 0 Å². The van der Waals surface area contributed by atoms with Crippen LogP contribution in [0.2, 0.25) is 0 Å². The average molecular weight is 544 g/mol. The third-order valence-electron chi connectivity index (χ3n) is 6.78. The maximum Gasteiger partial charge on any atom is 0.295 e. The number of benzene rings is 3. The molecule has 0 saturated carbocycles. The largest absolute Gasteiger partial charge is 0.507 e. The number of aliphatic hydroxyl groups is 1.